The van der Waals surface area contributed by atoms with E-state index >= 15 is 0 Å². The lowest BCUT2D eigenvalue weighted by Crippen LogP contribution is -2.05. The van der Waals surface area contributed by atoms with Crippen molar-refractivity contribution in [1.82, 2.24) is 9.13 Å². The van der Waals surface area contributed by atoms with E-state index in [9.17, 15) is 10.5 Å². The zero-order chi connectivity index (χ0) is 33.1. The van der Waals surface area contributed by atoms with Crippen molar-refractivity contribution in [3.05, 3.63) is 145 Å². The molecule has 6 heteroatoms. The minimum atomic E-state index is 0.311. The molecule has 0 aliphatic carbocycles. The molecule has 50 heavy (non-hydrogen) atoms. The van der Waals surface area contributed by atoms with Crippen LogP contribution in [0.15, 0.2) is 142 Å². The standard InChI is InChI=1S/C44H22N4O2/c45-23-33-34(24-46)38(48-36-14-6-2-10-26(36)30-22-44-32(20-40(30)48)28-12-4-8-16-42(28)50-44)18-17-37(33)47-35-13-5-1-9-25(35)29-21-43-31(19-39(29)47)27-11-3-7-15-41(27)49-43/h1-22H. The van der Waals surface area contributed by atoms with Crippen LogP contribution in [0.25, 0.3) is 98.9 Å². The van der Waals surface area contributed by atoms with Gasteiger partial charge in [-0.2, -0.15) is 10.5 Å². The predicted octanol–water partition coefficient (Wildman–Crippen LogP) is 11.4. The Bertz CT molecular complexity index is 3130. The lowest BCUT2D eigenvalue weighted by atomic mass is 10.0. The van der Waals surface area contributed by atoms with Crippen molar-refractivity contribution in [3.8, 4) is 23.5 Å². The summed E-state index contributed by atoms with van der Waals surface area (Å²) >= 11 is 0. The Morgan fingerprint density at radius 1 is 0.360 bits per heavy atom. The van der Waals surface area contributed by atoms with Gasteiger partial charge in [-0.15, -0.1) is 0 Å². The minimum absolute atomic E-state index is 0.311. The number of nitrogens with zero attached hydrogens (tertiary/aromatic N) is 4. The van der Waals surface area contributed by atoms with Crippen LogP contribution in [-0.2, 0) is 0 Å². The number of benzene rings is 7. The second-order valence-corrected chi connectivity index (χ2v) is 12.7. The highest BCUT2D eigenvalue weighted by molar-refractivity contribution is 6.18. The van der Waals surface area contributed by atoms with E-state index in [0.29, 0.717) is 22.5 Å². The first-order chi connectivity index (χ1) is 24.7. The molecule has 0 radical (unpaired) electrons. The van der Waals surface area contributed by atoms with Gasteiger partial charge in [0, 0.05) is 43.1 Å². The van der Waals surface area contributed by atoms with Gasteiger partial charge >= 0.3 is 0 Å². The van der Waals surface area contributed by atoms with Gasteiger partial charge in [-0.25, -0.2) is 0 Å². The van der Waals surface area contributed by atoms with Crippen molar-refractivity contribution in [2.45, 2.75) is 0 Å². The number of furan rings is 2. The summed E-state index contributed by atoms with van der Waals surface area (Å²) in [6, 6.07) is 49.7. The number of nitriles is 2. The first-order valence-corrected chi connectivity index (χ1v) is 16.4. The maximum Gasteiger partial charge on any atom is 0.136 e. The van der Waals surface area contributed by atoms with Crippen molar-refractivity contribution >= 4 is 87.5 Å². The summed E-state index contributed by atoms with van der Waals surface area (Å²) in [5, 5.41) is 29.9. The molecule has 4 heterocycles. The maximum absolute atomic E-state index is 10.9. The van der Waals surface area contributed by atoms with E-state index in [1.165, 1.54) is 0 Å². The largest absolute Gasteiger partial charge is 0.456 e. The van der Waals surface area contributed by atoms with E-state index in [4.69, 9.17) is 8.83 Å². The lowest BCUT2D eigenvalue weighted by molar-refractivity contribution is 0.669. The highest BCUT2D eigenvalue weighted by Crippen LogP contribution is 2.42. The first kappa shape index (κ1) is 26.8. The molecule has 0 fully saturated rings. The van der Waals surface area contributed by atoms with Gasteiger partial charge in [-0.05, 0) is 60.7 Å². The van der Waals surface area contributed by atoms with Crippen molar-refractivity contribution in [2.75, 3.05) is 0 Å². The van der Waals surface area contributed by atoms with Gasteiger partial charge in [-0.1, -0.05) is 72.8 Å². The van der Waals surface area contributed by atoms with Crippen LogP contribution in [0.4, 0.5) is 0 Å². The molecule has 0 aliphatic rings. The average Bonchev–Trinajstić information content (AvgIpc) is 3.89. The molecule has 7 aromatic carbocycles. The molecule has 0 amide bonds. The van der Waals surface area contributed by atoms with Gasteiger partial charge in [0.25, 0.3) is 0 Å². The van der Waals surface area contributed by atoms with E-state index in [1.54, 1.807) is 0 Å². The molecule has 0 saturated carbocycles. The summed E-state index contributed by atoms with van der Waals surface area (Å²) in [6.07, 6.45) is 0. The molecular weight excluding hydrogens is 617 g/mol. The second-order valence-electron chi connectivity index (χ2n) is 12.7. The van der Waals surface area contributed by atoms with Crippen LogP contribution in [0.3, 0.4) is 0 Å². The number of aromatic nitrogens is 2. The highest BCUT2D eigenvalue weighted by Gasteiger charge is 2.24. The predicted molar refractivity (Wildman–Crippen MR) is 199 cm³/mol. The van der Waals surface area contributed by atoms with Crippen LogP contribution in [0.5, 0.6) is 0 Å². The molecule has 0 aliphatic heterocycles. The van der Waals surface area contributed by atoms with Crippen molar-refractivity contribution < 1.29 is 8.83 Å². The normalized spacial score (nSPS) is 12.0. The first-order valence-electron chi connectivity index (χ1n) is 16.4. The molecule has 0 unspecified atom stereocenters. The minimum Gasteiger partial charge on any atom is -0.456 e. The molecule has 0 N–H and O–H groups in total. The van der Waals surface area contributed by atoms with E-state index in [2.05, 4.69) is 81.9 Å². The van der Waals surface area contributed by atoms with E-state index in [-0.39, 0.29) is 0 Å². The third kappa shape index (κ3) is 3.39. The monoisotopic (exact) mass is 638 g/mol. The number of hydrogen-bond donors (Lipinski definition) is 0. The lowest BCUT2D eigenvalue weighted by Gasteiger charge is -2.16. The molecule has 0 bridgehead atoms. The number of para-hydroxylation sites is 4. The van der Waals surface area contributed by atoms with E-state index < -0.39 is 0 Å². The topological polar surface area (TPSA) is 83.7 Å². The SMILES string of the molecule is N#Cc1c(-n2c3ccccc3c3cc4oc5ccccc5c4cc32)ccc(-n2c3ccccc3c3cc4oc5ccccc5c4cc32)c1C#N. The van der Waals surface area contributed by atoms with Crippen LogP contribution in [0.1, 0.15) is 11.1 Å². The molecule has 4 aromatic heterocycles. The third-order valence-corrected chi connectivity index (χ3v) is 10.2. The Morgan fingerprint density at radius 3 is 1.20 bits per heavy atom. The molecule has 6 nitrogen and oxygen atoms in total. The van der Waals surface area contributed by atoms with Gasteiger partial charge in [0.05, 0.1) is 44.6 Å². The summed E-state index contributed by atoms with van der Waals surface area (Å²) in [7, 11) is 0. The Hall–Kier alpha value is -7.28. The number of hydrogen-bond acceptors (Lipinski definition) is 4. The molecule has 0 atom stereocenters. The fraction of sp³-hybridized carbons (Fsp3) is 0. The number of fused-ring (bicyclic) bond motifs is 12. The van der Waals surface area contributed by atoms with Gasteiger partial charge in [0.15, 0.2) is 0 Å². The van der Waals surface area contributed by atoms with Gasteiger partial charge in [-0.3, -0.25) is 0 Å². The second kappa shape index (κ2) is 9.64. The molecule has 0 spiro atoms. The zero-order valence-electron chi connectivity index (χ0n) is 26.3. The van der Waals surface area contributed by atoms with Gasteiger partial charge < -0.3 is 18.0 Å². The Labute approximate surface area is 283 Å². The van der Waals surface area contributed by atoms with Crippen molar-refractivity contribution in [1.29, 1.82) is 10.5 Å². The van der Waals surface area contributed by atoms with Crippen LogP contribution in [0, 0.1) is 22.7 Å². The Kier molecular flexibility index (Phi) is 5.16. The van der Waals surface area contributed by atoms with Gasteiger partial charge in [0.2, 0.25) is 0 Å². The summed E-state index contributed by atoms with van der Waals surface area (Å²) in [4.78, 5) is 0. The van der Waals surface area contributed by atoms with E-state index in [1.807, 2.05) is 72.8 Å². The maximum atomic E-state index is 10.9. The Balaban J connectivity index is 1.23. The fourth-order valence-electron chi connectivity index (χ4n) is 8.07. The third-order valence-electron chi connectivity index (χ3n) is 10.2. The summed E-state index contributed by atoms with van der Waals surface area (Å²) in [6.45, 7) is 0. The molecular formula is C44H22N4O2. The van der Waals surface area contributed by atoms with E-state index in [0.717, 1.165) is 87.5 Å². The number of rotatable bonds is 2. The van der Waals surface area contributed by atoms with Crippen LogP contribution < -0.4 is 0 Å². The summed E-state index contributed by atoms with van der Waals surface area (Å²) < 4.78 is 16.8. The van der Waals surface area contributed by atoms with Crippen LogP contribution in [0.2, 0.25) is 0 Å². The Morgan fingerprint density at radius 2 is 0.760 bits per heavy atom. The summed E-state index contributed by atoms with van der Waals surface area (Å²) in [5.41, 5.74) is 8.94. The molecule has 230 valence electrons. The molecule has 11 rings (SSSR count). The average molecular weight is 639 g/mol. The highest BCUT2D eigenvalue weighted by atomic mass is 16.3. The quantitative estimate of drug-likeness (QED) is 0.189. The van der Waals surface area contributed by atoms with Crippen LogP contribution >= 0.6 is 0 Å². The molecule has 11 aromatic rings. The van der Waals surface area contributed by atoms with Gasteiger partial charge in [0.1, 0.15) is 34.5 Å². The van der Waals surface area contributed by atoms with Crippen LogP contribution in [-0.4, -0.2) is 9.13 Å². The smallest absolute Gasteiger partial charge is 0.136 e. The molecule has 0 saturated heterocycles. The van der Waals surface area contributed by atoms with Crippen molar-refractivity contribution in [3.63, 3.8) is 0 Å². The van der Waals surface area contributed by atoms with Crippen molar-refractivity contribution in [2.24, 2.45) is 0 Å². The summed E-state index contributed by atoms with van der Waals surface area (Å²) in [5.74, 6) is 0. The fourth-order valence-corrected chi connectivity index (χ4v) is 8.07. The zero-order valence-corrected chi connectivity index (χ0v) is 26.3.